The Morgan fingerprint density at radius 1 is 1.17 bits per heavy atom. The van der Waals surface area contributed by atoms with Crippen molar-refractivity contribution in [2.45, 2.75) is 37.1 Å². The first-order valence-electron chi connectivity index (χ1n) is 10.2. The quantitative estimate of drug-likeness (QED) is 0.257. The van der Waals surface area contributed by atoms with Crippen LogP contribution in [-0.4, -0.2) is 69.8 Å². The van der Waals surface area contributed by atoms with Crippen molar-refractivity contribution in [1.29, 1.82) is 0 Å². The molecule has 14 heteroatoms. The van der Waals surface area contributed by atoms with Crippen molar-refractivity contribution < 1.29 is 39.9 Å². The van der Waals surface area contributed by atoms with E-state index in [0.29, 0.717) is 33.8 Å². The summed E-state index contributed by atoms with van der Waals surface area (Å²) in [6, 6.07) is 6.31. The molecule has 1 aliphatic rings. The molecule has 0 amide bonds. The van der Waals surface area contributed by atoms with Crippen LogP contribution < -0.4 is 5.73 Å². The van der Waals surface area contributed by atoms with Gasteiger partial charge in [0.1, 0.15) is 41.7 Å². The van der Waals surface area contributed by atoms with Gasteiger partial charge in [-0.2, -0.15) is 0 Å². The predicted octanol–water partition coefficient (Wildman–Crippen LogP) is 1.77. The van der Waals surface area contributed by atoms with E-state index in [-0.39, 0.29) is 10.8 Å². The molecule has 0 spiro atoms. The summed E-state index contributed by atoms with van der Waals surface area (Å²) in [7, 11) is 0. The fourth-order valence-corrected chi connectivity index (χ4v) is 3.95. The maximum atomic E-state index is 10.9. The average Bonchev–Trinajstić information content (AvgIpc) is 3.34. The second-order valence-electron chi connectivity index (χ2n) is 7.97. The van der Waals surface area contributed by atoms with Gasteiger partial charge in [-0.3, -0.25) is 0 Å². The number of nitrogens with two attached hydrogens (primary N) is 1. The number of nitrogens with zero attached hydrogens (tertiary/aromatic N) is 3. The van der Waals surface area contributed by atoms with Crippen LogP contribution in [0.2, 0.25) is 10.0 Å². The summed E-state index contributed by atoms with van der Waals surface area (Å²) in [5.41, 5.74) is 4.94. The van der Waals surface area contributed by atoms with E-state index >= 15 is 0 Å². The molecule has 3 heterocycles. The van der Waals surface area contributed by atoms with Crippen LogP contribution >= 0.6 is 23.2 Å². The predicted molar refractivity (Wildman–Crippen MR) is 128 cm³/mol. The second-order valence-corrected chi connectivity index (χ2v) is 8.78. The molecule has 0 aliphatic carbocycles. The lowest BCUT2D eigenvalue weighted by Crippen LogP contribution is -2.47. The summed E-state index contributed by atoms with van der Waals surface area (Å²) in [4.78, 5) is 27.2. The SMILES string of the molecule is C[C@@]1(O)[C@@H]([C@H](O)c2ccc(Cl)c(Cl)c2)O[C@@H](n2ccc3c(N)ncnc32)[C@@H]1O.O=C(O)/C=C\C(=O)O. The molecule has 0 unspecified atom stereocenters. The minimum Gasteiger partial charge on any atom is -0.478 e. The van der Waals surface area contributed by atoms with Crippen molar-refractivity contribution in [3.8, 4) is 0 Å². The van der Waals surface area contributed by atoms with E-state index in [1.807, 2.05) is 0 Å². The minimum absolute atomic E-state index is 0.261. The Balaban J connectivity index is 0.000000392. The number of carboxylic acid groups (broad SMARTS) is 2. The van der Waals surface area contributed by atoms with E-state index in [2.05, 4.69) is 9.97 Å². The maximum absolute atomic E-state index is 10.9. The molecule has 0 radical (unpaired) electrons. The Labute approximate surface area is 213 Å². The van der Waals surface area contributed by atoms with Crippen LogP contribution in [-0.2, 0) is 14.3 Å². The van der Waals surface area contributed by atoms with E-state index < -0.39 is 42.1 Å². The number of halogens is 2. The number of aromatic nitrogens is 3. The highest BCUT2D eigenvalue weighted by Crippen LogP contribution is 2.44. The Morgan fingerprint density at radius 3 is 2.39 bits per heavy atom. The first-order chi connectivity index (χ1) is 16.8. The number of aliphatic hydroxyl groups excluding tert-OH is 2. The molecule has 0 saturated carbocycles. The van der Waals surface area contributed by atoms with E-state index in [9.17, 15) is 24.9 Å². The number of aliphatic carboxylic acids is 2. The number of rotatable bonds is 5. The summed E-state index contributed by atoms with van der Waals surface area (Å²) >= 11 is 12.0. The van der Waals surface area contributed by atoms with Gasteiger partial charge in [0, 0.05) is 18.3 Å². The van der Waals surface area contributed by atoms with Crippen molar-refractivity contribution >= 4 is 52.0 Å². The van der Waals surface area contributed by atoms with Crippen LogP contribution in [0.4, 0.5) is 5.82 Å². The van der Waals surface area contributed by atoms with Crippen LogP contribution in [0.25, 0.3) is 11.0 Å². The zero-order chi connectivity index (χ0) is 26.8. The molecule has 12 nitrogen and oxygen atoms in total. The first kappa shape index (κ1) is 27.3. The Bertz CT molecular complexity index is 1300. The van der Waals surface area contributed by atoms with Gasteiger partial charge in [0.2, 0.25) is 0 Å². The van der Waals surface area contributed by atoms with Gasteiger partial charge in [0.25, 0.3) is 0 Å². The molecular weight excluding hydrogens is 519 g/mol. The molecule has 1 saturated heterocycles. The zero-order valence-electron chi connectivity index (χ0n) is 18.6. The number of anilines is 1. The third-order valence-corrected chi connectivity index (χ3v) is 6.22. The lowest BCUT2D eigenvalue weighted by atomic mass is 9.88. The Hall–Kier alpha value is -3.26. The maximum Gasteiger partial charge on any atom is 0.328 e. The molecule has 192 valence electrons. The van der Waals surface area contributed by atoms with Gasteiger partial charge in [0.15, 0.2) is 6.23 Å². The summed E-state index contributed by atoms with van der Waals surface area (Å²) in [5, 5.41) is 49.3. The summed E-state index contributed by atoms with van der Waals surface area (Å²) < 4.78 is 7.45. The van der Waals surface area contributed by atoms with Crippen LogP contribution in [0.5, 0.6) is 0 Å². The topological polar surface area (TPSA) is 201 Å². The van der Waals surface area contributed by atoms with E-state index in [1.54, 1.807) is 29.0 Å². The van der Waals surface area contributed by atoms with Crippen molar-refractivity contribution in [3.05, 3.63) is 64.6 Å². The van der Waals surface area contributed by atoms with Gasteiger partial charge >= 0.3 is 11.9 Å². The first-order valence-corrected chi connectivity index (χ1v) is 11.0. The third kappa shape index (κ3) is 5.59. The number of carboxylic acids is 2. The molecule has 36 heavy (non-hydrogen) atoms. The van der Waals surface area contributed by atoms with Gasteiger partial charge in [0.05, 0.1) is 15.4 Å². The van der Waals surface area contributed by atoms with Gasteiger partial charge in [-0.1, -0.05) is 29.3 Å². The average molecular weight is 541 g/mol. The number of hydrogen-bond donors (Lipinski definition) is 6. The van der Waals surface area contributed by atoms with Gasteiger partial charge in [-0.15, -0.1) is 0 Å². The van der Waals surface area contributed by atoms with Gasteiger partial charge in [-0.25, -0.2) is 19.6 Å². The summed E-state index contributed by atoms with van der Waals surface area (Å²) in [5.74, 6) is -2.23. The molecule has 1 aliphatic heterocycles. The molecular formula is C22H22Cl2N4O8. The molecule has 3 aromatic rings. The molecule has 1 fully saturated rings. The van der Waals surface area contributed by atoms with Crippen LogP contribution in [0.1, 0.15) is 24.8 Å². The number of carbonyl (C=O) groups is 2. The summed E-state index contributed by atoms with van der Waals surface area (Å²) in [6.07, 6.45) is -0.688. The van der Waals surface area contributed by atoms with Crippen LogP contribution in [0.3, 0.4) is 0 Å². The zero-order valence-corrected chi connectivity index (χ0v) is 20.1. The number of fused-ring (bicyclic) bond motifs is 1. The molecule has 5 atom stereocenters. The molecule has 1 aromatic carbocycles. The number of benzene rings is 1. The van der Waals surface area contributed by atoms with Crippen molar-refractivity contribution in [1.82, 2.24) is 14.5 Å². The molecule has 7 N–H and O–H groups in total. The Morgan fingerprint density at radius 2 is 1.81 bits per heavy atom. The number of hydrogen-bond acceptors (Lipinski definition) is 9. The highest BCUT2D eigenvalue weighted by Gasteiger charge is 2.55. The van der Waals surface area contributed by atoms with Gasteiger partial charge in [-0.05, 0) is 30.7 Å². The van der Waals surface area contributed by atoms with Crippen LogP contribution in [0.15, 0.2) is 48.9 Å². The third-order valence-electron chi connectivity index (χ3n) is 5.49. The lowest BCUT2D eigenvalue weighted by molar-refractivity contribution is -0.134. The number of aliphatic hydroxyl groups is 3. The molecule has 2 aromatic heterocycles. The van der Waals surface area contributed by atoms with E-state index in [1.165, 1.54) is 19.3 Å². The number of ether oxygens (including phenoxy) is 1. The summed E-state index contributed by atoms with van der Waals surface area (Å²) in [6.45, 7) is 1.40. The Kier molecular flexibility index (Phi) is 8.19. The smallest absolute Gasteiger partial charge is 0.328 e. The largest absolute Gasteiger partial charge is 0.478 e. The minimum atomic E-state index is -1.76. The van der Waals surface area contributed by atoms with E-state index in [0.717, 1.165) is 0 Å². The fourth-order valence-electron chi connectivity index (χ4n) is 3.64. The molecule has 0 bridgehead atoms. The normalized spacial score (nSPS) is 24.4. The van der Waals surface area contributed by atoms with Gasteiger partial charge < -0.3 is 40.6 Å². The van der Waals surface area contributed by atoms with Crippen LogP contribution in [0, 0.1) is 0 Å². The highest BCUT2D eigenvalue weighted by atomic mass is 35.5. The van der Waals surface area contributed by atoms with Crippen molar-refractivity contribution in [3.63, 3.8) is 0 Å². The second kappa shape index (κ2) is 10.8. The van der Waals surface area contributed by atoms with Crippen molar-refractivity contribution in [2.75, 3.05) is 5.73 Å². The standard InChI is InChI=1S/C18H18Cl2N4O4.C4H4O4/c1-18(27)13(26)17(24-5-4-9-15(21)22-7-23-16(9)24)28-14(18)12(25)8-2-3-10(19)11(20)6-8;5-3(6)1-2-4(7)8/h2-7,12-14,17,25-27H,1H3,(H2,21,22,23);1-2H,(H,5,6)(H,7,8)/b;2-1-/t12-,13+,14-,17-,18+;/m1./s1. The lowest BCUT2D eigenvalue weighted by Gasteiger charge is -2.29. The monoisotopic (exact) mass is 540 g/mol. The van der Waals surface area contributed by atoms with Crippen molar-refractivity contribution in [2.24, 2.45) is 0 Å². The molecule has 4 rings (SSSR count). The van der Waals surface area contributed by atoms with E-state index in [4.69, 9.17) is 43.9 Å². The fraction of sp³-hybridized carbons (Fsp3) is 0.273. The number of nitrogen functional groups attached to an aromatic ring is 1. The highest BCUT2D eigenvalue weighted by molar-refractivity contribution is 6.42.